The minimum Gasteiger partial charge on any atom is -0.197 e. The van der Waals surface area contributed by atoms with Crippen LogP contribution in [0.25, 0.3) is 0 Å². The van der Waals surface area contributed by atoms with Gasteiger partial charge in [-0.3, -0.25) is 0 Å². The first-order valence-corrected chi connectivity index (χ1v) is 3.34. The van der Waals surface area contributed by atoms with Crippen molar-refractivity contribution in [2.75, 3.05) is 0 Å². The van der Waals surface area contributed by atoms with Crippen LogP contribution in [0.3, 0.4) is 0 Å². The smallest absolute Gasteiger partial charge is 0.102 e. The fourth-order valence-corrected chi connectivity index (χ4v) is 1.07. The van der Waals surface area contributed by atoms with Gasteiger partial charge in [-0.1, -0.05) is 0 Å². The maximum atomic E-state index is 8.63. The van der Waals surface area contributed by atoms with Crippen LogP contribution >= 0.6 is 0 Å². The second-order valence-corrected chi connectivity index (χ2v) is 2.31. The van der Waals surface area contributed by atoms with Gasteiger partial charge in [-0.2, -0.15) is 21.0 Å². The monoisotopic (exact) mass is 166 g/mol. The van der Waals surface area contributed by atoms with Crippen molar-refractivity contribution in [3.8, 4) is 24.3 Å². The van der Waals surface area contributed by atoms with E-state index in [1.165, 1.54) is 6.08 Å². The highest BCUT2D eigenvalue weighted by molar-refractivity contribution is 5.63. The molecule has 0 saturated heterocycles. The van der Waals surface area contributed by atoms with E-state index in [0.717, 1.165) is 0 Å². The van der Waals surface area contributed by atoms with Crippen LogP contribution in [0, 0.1) is 51.2 Å². The van der Waals surface area contributed by atoms with Gasteiger partial charge in [0.2, 0.25) is 0 Å². The van der Waals surface area contributed by atoms with Crippen molar-refractivity contribution < 1.29 is 0 Å². The maximum absolute atomic E-state index is 8.63. The molecule has 0 aromatic heterocycles. The van der Waals surface area contributed by atoms with Gasteiger partial charge in [0.05, 0.1) is 28.9 Å². The molecular weight excluding hydrogens is 164 g/mol. The number of hydrogen-bond acceptors (Lipinski definition) is 4. The predicted octanol–water partition coefficient (Wildman–Crippen LogP) is 0.934. The third-order valence-electron chi connectivity index (χ3n) is 1.67. The van der Waals surface area contributed by atoms with E-state index in [2.05, 4.69) is 0 Å². The van der Waals surface area contributed by atoms with Crippen LogP contribution in [0.15, 0.2) is 22.8 Å². The lowest BCUT2D eigenvalue weighted by Gasteiger charge is -1.92. The van der Waals surface area contributed by atoms with Crippen molar-refractivity contribution in [3.05, 3.63) is 22.8 Å². The van der Waals surface area contributed by atoms with Crippen molar-refractivity contribution in [1.29, 1.82) is 21.0 Å². The summed E-state index contributed by atoms with van der Waals surface area (Å²) < 4.78 is 0. The Hall–Kier alpha value is -2.56. The van der Waals surface area contributed by atoms with Crippen molar-refractivity contribution in [2.45, 2.75) is 0 Å². The topological polar surface area (TPSA) is 95.2 Å². The van der Waals surface area contributed by atoms with Gasteiger partial charge in [-0.05, 0) is 6.08 Å². The molecule has 0 heterocycles. The van der Waals surface area contributed by atoms with Crippen molar-refractivity contribution in [1.82, 2.24) is 0 Å². The van der Waals surface area contributed by atoms with E-state index in [9.17, 15) is 0 Å². The average Bonchev–Trinajstić information content (AvgIpc) is 2.54. The second kappa shape index (κ2) is 3.22. The molecule has 0 radical (unpaired) electrons. The summed E-state index contributed by atoms with van der Waals surface area (Å²) in [6.45, 7) is 0. The fourth-order valence-electron chi connectivity index (χ4n) is 1.07. The van der Waals surface area contributed by atoms with Crippen molar-refractivity contribution in [3.63, 3.8) is 0 Å². The molecule has 0 amide bonds. The standard InChI is InChI=1S/C9H2N4/c10-2-6-1-7(3-11)9(5-13)8(6)4-12/h1,6H. The van der Waals surface area contributed by atoms with Gasteiger partial charge in [-0.25, -0.2) is 0 Å². The first kappa shape index (κ1) is 8.54. The number of hydrogen-bond donors (Lipinski definition) is 0. The third kappa shape index (κ3) is 1.14. The minimum atomic E-state index is -0.741. The van der Waals surface area contributed by atoms with Gasteiger partial charge in [0.15, 0.2) is 0 Å². The maximum Gasteiger partial charge on any atom is 0.102 e. The third-order valence-corrected chi connectivity index (χ3v) is 1.67. The Morgan fingerprint density at radius 2 is 1.69 bits per heavy atom. The highest BCUT2D eigenvalue weighted by Crippen LogP contribution is 2.29. The van der Waals surface area contributed by atoms with E-state index >= 15 is 0 Å². The summed E-state index contributed by atoms with van der Waals surface area (Å²) in [6, 6.07) is 7.11. The van der Waals surface area contributed by atoms with Crippen LogP contribution in [0.4, 0.5) is 0 Å². The molecule has 0 aromatic carbocycles. The van der Waals surface area contributed by atoms with Crippen LogP contribution in [-0.2, 0) is 0 Å². The van der Waals surface area contributed by atoms with E-state index in [0.29, 0.717) is 0 Å². The van der Waals surface area contributed by atoms with Gasteiger partial charge in [0.25, 0.3) is 0 Å². The number of nitrogens with zero attached hydrogens (tertiary/aromatic N) is 4. The molecule has 0 spiro atoms. The second-order valence-electron chi connectivity index (χ2n) is 2.31. The Kier molecular flexibility index (Phi) is 2.12. The number of rotatable bonds is 0. The largest absolute Gasteiger partial charge is 0.197 e. The molecule has 0 bridgehead atoms. The Bertz CT molecular complexity index is 468. The predicted molar refractivity (Wildman–Crippen MR) is 41.1 cm³/mol. The Morgan fingerprint density at radius 1 is 1.00 bits per heavy atom. The van der Waals surface area contributed by atoms with Crippen LogP contribution in [0.1, 0.15) is 0 Å². The quantitative estimate of drug-likeness (QED) is 0.534. The first-order chi connectivity index (χ1) is 6.28. The molecule has 1 aliphatic carbocycles. The normalized spacial score (nSPS) is 19.4. The minimum absolute atomic E-state index is 0.0246. The summed E-state index contributed by atoms with van der Waals surface area (Å²) in [5.74, 6) is -0.741. The molecule has 0 aromatic rings. The summed E-state index contributed by atoms with van der Waals surface area (Å²) in [4.78, 5) is 0. The fraction of sp³-hybridized carbons (Fsp3) is 0.111. The zero-order valence-corrected chi connectivity index (χ0v) is 6.44. The Labute approximate surface area is 74.8 Å². The molecule has 0 saturated carbocycles. The van der Waals surface area contributed by atoms with E-state index < -0.39 is 5.92 Å². The van der Waals surface area contributed by atoms with Crippen molar-refractivity contribution >= 4 is 0 Å². The molecule has 0 N–H and O–H groups in total. The SMILES string of the molecule is N#CC1=CC(C#N)C(C#N)=C1C#N. The summed E-state index contributed by atoms with van der Waals surface area (Å²) in [5.41, 5.74) is 0.212. The van der Waals surface area contributed by atoms with E-state index in [1.54, 1.807) is 18.2 Å². The molecule has 0 aliphatic heterocycles. The molecular formula is C9H2N4. The molecule has 1 unspecified atom stereocenters. The highest BCUT2D eigenvalue weighted by Gasteiger charge is 2.26. The molecule has 1 aliphatic rings. The van der Waals surface area contributed by atoms with E-state index in [4.69, 9.17) is 21.0 Å². The van der Waals surface area contributed by atoms with E-state index in [-0.39, 0.29) is 16.7 Å². The number of nitriles is 4. The van der Waals surface area contributed by atoms with Gasteiger partial charge in [0, 0.05) is 0 Å². The molecule has 1 rings (SSSR count). The van der Waals surface area contributed by atoms with Crippen LogP contribution in [-0.4, -0.2) is 0 Å². The number of allylic oxidation sites excluding steroid dienone is 4. The van der Waals surface area contributed by atoms with E-state index in [1.807, 2.05) is 6.07 Å². The zero-order valence-electron chi connectivity index (χ0n) is 6.44. The van der Waals surface area contributed by atoms with Crippen LogP contribution < -0.4 is 0 Å². The highest BCUT2D eigenvalue weighted by atomic mass is 14.4. The summed E-state index contributed by atoms with van der Waals surface area (Å²) in [7, 11) is 0. The average molecular weight is 166 g/mol. The molecule has 4 heteroatoms. The Morgan fingerprint density at radius 3 is 2.08 bits per heavy atom. The first-order valence-electron chi connectivity index (χ1n) is 3.34. The molecule has 1 atom stereocenters. The summed E-state index contributed by atoms with van der Waals surface area (Å²) in [5, 5.41) is 34.4. The summed E-state index contributed by atoms with van der Waals surface area (Å²) >= 11 is 0. The summed E-state index contributed by atoms with van der Waals surface area (Å²) in [6.07, 6.45) is 1.33. The lowest BCUT2D eigenvalue weighted by molar-refractivity contribution is 1.04. The molecule has 4 nitrogen and oxygen atoms in total. The zero-order chi connectivity index (χ0) is 9.84. The van der Waals surface area contributed by atoms with Gasteiger partial charge in [0.1, 0.15) is 18.1 Å². The lowest BCUT2D eigenvalue weighted by atomic mass is 10.0. The lowest BCUT2D eigenvalue weighted by Crippen LogP contribution is -1.92. The molecule has 0 fully saturated rings. The van der Waals surface area contributed by atoms with Gasteiger partial charge >= 0.3 is 0 Å². The molecule has 13 heavy (non-hydrogen) atoms. The van der Waals surface area contributed by atoms with Crippen LogP contribution in [0.2, 0.25) is 0 Å². The molecule has 58 valence electrons. The van der Waals surface area contributed by atoms with Gasteiger partial charge < -0.3 is 0 Å². The van der Waals surface area contributed by atoms with Crippen LogP contribution in [0.5, 0.6) is 0 Å². The van der Waals surface area contributed by atoms with Gasteiger partial charge in [-0.15, -0.1) is 0 Å². The van der Waals surface area contributed by atoms with Crippen molar-refractivity contribution in [2.24, 2.45) is 5.92 Å². The Balaban J connectivity index is 3.35.